The number of ether oxygens (including phenoxy) is 1. The van der Waals surface area contributed by atoms with E-state index in [0.717, 1.165) is 16.1 Å². The second-order valence-electron chi connectivity index (χ2n) is 7.59. The summed E-state index contributed by atoms with van der Waals surface area (Å²) in [4.78, 5) is 27.3. The van der Waals surface area contributed by atoms with Crippen molar-refractivity contribution in [1.82, 2.24) is 9.72 Å². The van der Waals surface area contributed by atoms with Crippen LogP contribution >= 0.6 is 11.3 Å². The lowest BCUT2D eigenvalue weighted by molar-refractivity contribution is -0.132. The standard InChI is InChI=1S/C25H23FN2O3S/c1-15-14-32-21-13-20(22(25(30)28(15)21)17-9-11-19(26)12-10-17)16(2)27-24(29)23(31-3)18-7-5-4-6-8-18/h4-14,16,23H,1-3H3,(H,27,29)/t16?,23-/m1/s1. The highest BCUT2D eigenvalue weighted by molar-refractivity contribution is 7.15. The summed E-state index contributed by atoms with van der Waals surface area (Å²) in [5.41, 5.74) is 3.06. The molecule has 0 fully saturated rings. The smallest absolute Gasteiger partial charge is 0.264 e. The molecular weight excluding hydrogens is 427 g/mol. The van der Waals surface area contributed by atoms with Crippen molar-refractivity contribution < 1.29 is 13.9 Å². The lowest BCUT2D eigenvalue weighted by Gasteiger charge is -2.22. The van der Waals surface area contributed by atoms with Gasteiger partial charge in [-0.2, -0.15) is 0 Å². The fourth-order valence-corrected chi connectivity index (χ4v) is 4.79. The average molecular weight is 451 g/mol. The normalized spacial score (nSPS) is 13.1. The predicted molar refractivity (Wildman–Crippen MR) is 124 cm³/mol. The molecule has 0 radical (unpaired) electrons. The van der Waals surface area contributed by atoms with Crippen molar-refractivity contribution in [2.45, 2.75) is 26.0 Å². The van der Waals surface area contributed by atoms with Crippen LogP contribution in [0.25, 0.3) is 16.0 Å². The highest BCUT2D eigenvalue weighted by atomic mass is 32.1. The molecule has 7 heteroatoms. The highest BCUT2D eigenvalue weighted by Gasteiger charge is 2.25. The second-order valence-corrected chi connectivity index (χ2v) is 8.48. The van der Waals surface area contributed by atoms with Crippen LogP contribution < -0.4 is 10.9 Å². The van der Waals surface area contributed by atoms with Crippen molar-refractivity contribution in [3.05, 3.63) is 99.0 Å². The van der Waals surface area contributed by atoms with Gasteiger partial charge in [0.2, 0.25) is 0 Å². The Hall–Kier alpha value is -3.29. The number of aromatic nitrogens is 1. The third-order valence-electron chi connectivity index (χ3n) is 5.44. The molecule has 164 valence electrons. The van der Waals surface area contributed by atoms with Gasteiger partial charge in [0, 0.05) is 18.2 Å². The monoisotopic (exact) mass is 450 g/mol. The molecule has 2 atom stereocenters. The Labute approximate surface area is 189 Å². The SMILES string of the molecule is CO[C@@H](C(=O)NC(C)c1cc2scc(C)n2c(=O)c1-c1ccc(F)cc1)c1ccccc1. The minimum Gasteiger partial charge on any atom is -0.367 e. The number of pyridine rings is 1. The number of hydrogen-bond acceptors (Lipinski definition) is 4. The third kappa shape index (κ3) is 4.09. The number of halogens is 1. The number of carbonyl (C=O) groups excluding carboxylic acids is 1. The van der Waals surface area contributed by atoms with Gasteiger partial charge in [-0.1, -0.05) is 42.5 Å². The molecule has 2 aromatic carbocycles. The first-order chi connectivity index (χ1) is 15.4. The molecular formula is C25H23FN2O3S. The number of thiazole rings is 1. The zero-order chi connectivity index (χ0) is 22.8. The van der Waals surface area contributed by atoms with Crippen LogP contribution in [0.4, 0.5) is 4.39 Å². The van der Waals surface area contributed by atoms with E-state index in [1.165, 1.54) is 30.6 Å². The zero-order valence-electron chi connectivity index (χ0n) is 18.0. The summed E-state index contributed by atoms with van der Waals surface area (Å²) in [5, 5.41) is 4.90. The summed E-state index contributed by atoms with van der Waals surface area (Å²) < 4.78 is 20.6. The second kappa shape index (κ2) is 9.06. The minimum absolute atomic E-state index is 0.199. The van der Waals surface area contributed by atoms with Crippen LogP contribution in [0.1, 0.15) is 35.9 Å². The molecule has 1 amide bonds. The molecule has 0 saturated carbocycles. The molecule has 2 heterocycles. The number of carbonyl (C=O) groups is 1. The summed E-state index contributed by atoms with van der Waals surface area (Å²) in [6, 6.07) is 16.5. The summed E-state index contributed by atoms with van der Waals surface area (Å²) in [6.45, 7) is 3.70. The number of nitrogens with zero attached hydrogens (tertiary/aromatic N) is 1. The molecule has 0 aliphatic rings. The Balaban J connectivity index is 1.77. The maximum absolute atomic E-state index is 13.5. The number of hydrogen-bond donors (Lipinski definition) is 1. The van der Waals surface area contributed by atoms with Crippen LogP contribution in [0.15, 0.2) is 70.8 Å². The summed E-state index contributed by atoms with van der Waals surface area (Å²) in [5.74, 6) is -0.686. The van der Waals surface area contributed by atoms with Gasteiger partial charge in [-0.3, -0.25) is 14.0 Å². The van der Waals surface area contributed by atoms with Gasteiger partial charge in [0.1, 0.15) is 10.6 Å². The van der Waals surface area contributed by atoms with Crippen LogP contribution in [0, 0.1) is 12.7 Å². The fourth-order valence-electron chi connectivity index (χ4n) is 3.86. The number of fused-ring (bicyclic) bond motifs is 1. The largest absolute Gasteiger partial charge is 0.367 e. The van der Waals surface area contributed by atoms with Gasteiger partial charge in [0.25, 0.3) is 11.5 Å². The maximum Gasteiger partial charge on any atom is 0.264 e. The van der Waals surface area contributed by atoms with Gasteiger partial charge >= 0.3 is 0 Å². The molecule has 1 unspecified atom stereocenters. The average Bonchev–Trinajstić information content (AvgIpc) is 3.16. The van der Waals surface area contributed by atoms with E-state index in [0.29, 0.717) is 16.7 Å². The van der Waals surface area contributed by atoms with Crippen molar-refractivity contribution in [2.24, 2.45) is 0 Å². The van der Waals surface area contributed by atoms with Crippen LogP contribution in [0.2, 0.25) is 0 Å². The van der Waals surface area contributed by atoms with Crippen LogP contribution in [-0.2, 0) is 9.53 Å². The van der Waals surface area contributed by atoms with Crippen molar-refractivity contribution in [3.63, 3.8) is 0 Å². The lowest BCUT2D eigenvalue weighted by atomic mass is 9.96. The van der Waals surface area contributed by atoms with Gasteiger partial charge in [0.15, 0.2) is 6.10 Å². The molecule has 2 aromatic heterocycles. The van der Waals surface area contributed by atoms with E-state index in [2.05, 4.69) is 5.32 Å². The van der Waals surface area contributed by atoms with Crippen LogP contribution in [0.3, 0.4) is 0 Å². The molecule has 5 nitrogen and oxygen atoms in total. The topological polar surface area (TPSA) is 59.8 Å². The first-order valence-corrected chi connectivity index (χ1v) is 11.1. The Morgan fingerprint density at radius 3 is 2.47 bits per heavy atom. The molecule has 1 N–H and O–H groups in total. The molecule has 0 spiro atoms. The quantitative estimate of drug-likeness (QED) is 0.448. The maximum atomic E-state index is 13.5. The van der Waals surface area contributed by atoms with E-state index in [-0.39, 0.29) is 17.3 Å². The Morgan fingerprint density at radius 1 is 1.12 bits per heavy atom. The number of aryl methyl sites for hydroxylation is 1. The fraction of sp³-hybridized carbons (Fsp3) is 0.200. The van der Waals surface area contributed by atoms with E-state index in [1.54, 1.807) is 16.5 Å². The predicted octanol–water partition coefficient (Wildman–Crippen LogP) is 5.04. The number of methoxy groups -OCH3 is 1. The zero-order valence-corrected chi connectivity index (χ0v) is 18.8. The Bertz CT molecular complexity index is 1310. The molecule has 0 bridgehead atoms. The summed E-state index contributed by atoms with van der Waals surface area (Å²) in [6.07, 6.45) is -0.776. The van der Waals surface area contributed by atoms with Gasteiger partial charge in [0.05, 0.1) is 11.6 Å². The van der Waals surface area contributed by atoms with Crippen molar-refractivity contribution in [2.75, 3.05) is 7.11 Å². The third-order valence-corrected chi connectivity index (χ3v) is 6.44. The Morgan fingerprint density at radius 2 is 1.81 bits per heavy atom. The number of nitrogens with one attached hydrogen (secondary N) is 1. The van der Waals surface area contributed by atoms with Gasteiger partial charge in [-0.05, 0) is 48.7 Å². The highest BCUT2D eigenvalue weighted by Crippen LogP contribution is 2.30. The van der Waals surface area contributed by atoms with E-state index in [1.807, 2.05) is 55.6 Å². The van der Waals surface area contributed by atoms with Crippen LogP contribution in [-0.4, -0.2) is 17.4 Å². The minimum atomic E-state index is -0.776. The molecule has 32 heavy (non-hydrogen) atoms. The first-order valence-electron chi connectivity index (χ1n) is 10.2. The van der Waals surface area contributed by atoms with Crippen molar-refractivity contribution in [3.8, 4) is 11.1 Å². The van der Waals surface area contributed by atoms with Gasteiger partial charge in [-0.15, -0.1) is 11.3 Å². The lowest BCUT2D eigenvalue weighted by Crippen LogP contribution is -2.33. The molecule has 4 aromatic rings. The molecule has 0 saturated heterocycles. The van der Waals surface area contributed by atoms with Gasteiger partial charge in [-0.25, -0.2) is 4.39 Å². The van der Waals surface area contributed by atoms with Crippen molar-refractivity contribution in [1.29, 1.82) is 0 Å². The molecule has 0 aliphatic carbocycles. The number of benzene rings is 2. The summed E-state index contributed by atoms with van der Waals surface area (Å²) in [7, 11) is 1.48. The van der Waals surface area contributed by atoms with E-state index in [9.17, 15) is 14.0 Å². The first kappa shape index (κ1) is 21.9. The molecule has 0 aliphatic heterocycles. The molecule has 4 rings (SSSR count). The van der Waals surface area contributed by atoms with Gasteiger partial charge < -0.3 is 10.1 Å². The number of rotatable bonds is 6. The van der Waals surface area contributed by atoms with Crippen molar-refractivity contribution >= 4 is 22.1 Å². The van der Waals surface area contributed by atoms with E-state index in [4.69, 9.17) is 4.74 Å². The number of amides is 1. The summed E-state index contributed by atoms with van der Waals surface area (Å²) >= 11 is 1.46. The van der Waals surface area contributed by atoms with E-state index < -0.39 is 12.1 Å². The van der Waals surface area contributed by atoms with Crippen LogP contribution in [0.5, 0.6) is 0 Å². The van der Waals surface area contributed by atoms with E-state index >= 15 is 0 Å². The Kier molecular flexibility index (Phi) is 6.21.